The Bertz CT molecular complexity index is 1080. The first kappa shape index (κ1) is 18.9. The Hall–Kier alpha value is -2.39. The molecule has 1 aliphatic heterocycles. The molecule has 0 saturated carbocycles. The van der Waals surface area contributed by atoms with Crippen LogP contribution in [-0.4, -0.2) is 67.3 Å². The van der Waals surface area contributed by atoms with Crippen molar-refractivity contribution in [3.8, 4) is 11.3 Å². The molecule has 7 nitrogen and oxygen atoms in total. The predicted octanol–water partition coefficient (Wildman–Crippen LogP) is 1.63. The van der Waals surface area contributed by atoms with Crippen LogP contribution in [0.2, 0.25) is 0 Å². The average molecular weight is 401 g/mol. The lowest BCUT2D eigenvalue weighted by Crippen LogP contribution is -2.24. The average Bonchev–Trinajstić information content (AvgIpc) is 3.24. The summed E-state index contributed by atoms with van der Waals surface area (Å²) in [6.07, 6.45) is -1.67. The first-order valence-corrected chi connectivity index (χ1v) is 10.5. The number of benzene rings is 2. The Morgan fingerprint density at radius 3 is 2.36 bits per heavy atom. The van der Waals surface area contributed by atoms with Gasteiger partial charge in [0.25, 0.3) is 0 Å². The van der Waals surface area contributed by atoms with Gasteiger partial charge in [0.15, 0.2) is 0 Å². The third-order valence-corrected chi connectivity index (χ3v) is 6.98. The Kier molecular flexibility index (Phi) is 4.67. The minimum Gasteiger partial charge on any atom is -0.389 e. The van der Waals surface area contributed by atoms with Gasteiger partial charge in [0, 0.05) is 55.0 Å². The smallest absolute Gasteiger partial charge is 0.242 e. The Labute approximate surface area is 163 Å². The second kappa shape index (κ2) is 6.89. The number of β-amino-alcohol motifs (C(OH)–C–C–N with tert-alkyl or cyclic N) is 2. The Morgan fingerprint density at radius 1 is 1.04 bits per heavy atom. The molecule has 1 saturated heterocycles. The molecule has 1 fully saturated rings. The fraction of sp³-hybridized carbons (Fsp3) is 0.300. The molecule has 1 aliphatic rings. The number of rotatable bonds is 4. The van der Waals surface area contributed by atoms with Crippen LogP contribution >= 0.6 is 0 Å². The largest absolute Gasteiger partial charge is 0.389 e. The molecule has 0 radical (unpaired) electrons. The number of fused-ring (bicyclic) bond motifs is 1. The molecule has 0 unspecified atom stereocenters. The van der Waals surface area contributed by atoms with Crippen LogP contribution in [0, 0.1) is 0 Å². The summed E-state index contributed by atoms with van der Waals surface area (Å²) in [5.41, 5.74) is 3.20. The molecule has 3 N–H and O–H groups in total. The molecule has 0 spiro atoms. The van der Waals surface area contributed by atoms with Crippen LogP contribution in [-0.2, 0) is 10.0 Å². The molecule has 2 atom stereocenters. The lowest BCUT2D eigenvalue weighted by molar-refractivity contribution is 0.0572. The quantitative estimate of drug-likeness (QED) is 0.617. The van der Waals surface area contributed by atoms with Crippen LogP contribution in [0.25, 0.3) is 22.2 Å². The minimum atomic E-state index is -3.60. The summed E-state index contributed by atoms with van der Waals surface area (Å²) in [7, 11) is -0.599. The fourth-order valence-corrected chi connectivity index (χ4v) is 4.49. The number of hydrogen-bond donors (Lipinski definition) is 3. The summed E-state index contributed by atoms with van der Waals surface area (Å²) in [6.45, 7) is 0.572. The van der Waals surface area contributed by atoms with Crippen molar-refractivity contribution in [1.29, 1.82) is 0 Å². The number of anilines is 1. The van der Waals surface area contributed by atoms with Gasteiger partial charge in [-0.2, -0.15) is 0 Å². The molecule has 148 valence electrons. The molecule has 0 bridgehead atoms. The van der Waals surface area contributed by atoms with Crippen molar-refractivity contribution >= 4 is 26.6 Å². The number of sulfonamides is 1. The van der Waals surface area contributed by atoms with Crippen LogP contribution in [0.3, 0.4) is 0 Å². The maximum absolute atomic E-state index is 12.6. The summed E-state index contributed by atoms with van der Waals surface area (Å²) in [4.78, 5) is 5.41. The number of para-hydroxylation sites is 1. The number of aliphatic hydroxyl groups is 2. The molecule has 0 amide bonds. The van der Waals surface area contributed by atoms with Gasteiger partial charge in [-0.25, -0.2) is 12.7 Å². The molecular formula is C20H23N3O4S. The second-order valence-corrected chi connectivity index (χ2v) is 9.43. The van der Waals surface area contributed by atoms with Crippen LogP contribution in [0.1, 0.15) is 0 Å². The van der Waals surface area contributed by atoms with E-state index in [2.05, 4.69) is 4.98 Å². The number of nitrogens with zero attached hydrogens (tertiary/aromatic N) is 2. The molecule has 2 heterocycles. The summed E-state index contributed by atoms with van der Waals surface area (Å²) in [5, 5.41) is 20.9. The van der Waals surface area contributed by atoms with E-state index in [0.717, 1.165) is 22.3 Å². The number of aromatic nitrogens is 1. The number of H-pyrrole nitrogens is 1. The highest BCUT2D eigenvalue weighted by Gasteiger charge is 2.31. The van der Waals surface area contributed by atoms with Crippen LogP contribution in [0.5, 0.6) is 0 Å². The van der Waals surface area contributed by atoms with E-state index in [1.165, 1.54) is 18.4 Å². The minimum absolute atomic E-state index is 0.190. The maximum atomic E-state index is 12.6. The molecule has 2 aromatic carbocycles. The van der Waals surface area contributed by atoms with Crippen molar-refractivity contribution in [2.75, 3.05) is 32.1 Å². The summed E-state index contributed by atoms with van der Waals surface area (Å²) in [5.74, 6) is 0. The van der Waals surface area contributed by atoms with Crippen molar-refractivity contribution in [3.63, 3.8) is 0 Å². The number of aromatic amines is 1. The third-order valence-electron chi connectivity index (χ3n) is 5.17. The van der Waals surface area contributed by atoms with E-state index in [4.69, 9.17) is 0 Å². The molecule has 28 heavy (non-hydrogen) atoms. The first-order valence-electron chi connectivity index (χ1n) is 9.03. The zero-order valence-electron chi connectivity index (χ0n) is 15.7. The summed E-state index contributed by atoms with van der Waals surface area (Å²) in [6, 6.07) is 14.7. The van der Waals surface area contributed by atoms with Gasteiger partial charge in [-0.05, 0) is 30.3 Å². The zero-order chi connectivity index (χ0) is 20.1. The van der Waals surface area contributed by atoms with E-state index >= 15 is 0 Å². The molecule has 4 rings (SSSR count). The normalized spacial score (nSPS) is 20.4. The van der Waals surface area contributed by atoms with Crippen molar-refractivity contribution in [2.45, 2.75) is 17.1 Å². The third kappa shape index (κ3) is 3.18. The molecule has 0 aliphatic carbocycles. The van der Waals surface area contributed by atoms with Crippen LogP contribution in [0.15, 0.2) is 53.4 Å². The van der Waals surface area contributed by atoms with Crippen molar-refractivity contribution in [2.24, 2.45) is 0 Å². The van der Waals surface area contributed by atoms with Crippen LogP contribution < -0.4 is 4.90 Å². The monoisotopic (exact) mass is 401 g/mol. The SMILES string of the molecule is CN(C)S(=O)(=O)c1ccc(N2C[C@@H](O)[C@@H](O)C2)c(-c2cc3ccccc3[nH]2)c1. The molecule has 3 aromatic rings. The first-order chi connectivity index (χ1) is 13.3. The van der Waals surface area contributed by atoms with E-state index in [9.17, 15) is 18.6 Å². The van der Waals surface area contributed by atoms with Gasteiger partial charge in [0.1, 0.15) is 0 Å². The van der Waals surface area contributed by atoms with Crippen LogP contribution in [0.4, 0.5) is 5.69 Å². The Balaban J connectivity index is 1.89. The number of aliphatic hydroxyl groups excluding tert-OH is 2. The summed E-state index contributed by atoms with van der Waals surface area (Å²) >= 11 is 0. The predicted molar refractivity (Wildman–Crippen MR) is 109 cm³/mol. The van der Waals surface area contributed by atoms with Crippen molar-refractivity contribution < 1.29 is 18.6 Å². The lowest BCUT2D eigenvalue weighted by Gasteiger charge is -2.22. The molecular weight excluding hydrogens is 378 g/mol. The number of nitrogens with one attached hydrogen (secondary N) is 1. The highest BCUT2D eigenvalue weighted by molar-refractivity contribution is 7.89. The van der Waals surface area contributed by atoms with E-state index in [0.29, 0.717) is 5.56 Å². The van der Waals surface area contributed by atoms with Gasteiger partial charge in [-0.1, -0.05) is 18.2 Å². The van der Waals surface area contributed by atoms with Gasteiger partial charge in [-0.15, -0.1) is 0 Å². The Morgan fingerprint density at radius 2 is 1.71 bits per heavy atom. The van der Waals surface area contributed by atoms with Gasteiger partial charge >= 0.3 is 0 Å². The fourth-order valence-electron chi connectivity index (χ4n) is 3.56. The van der Waals surface area contributed by atoms with Gasteiger partial charge < -0.3 is 20.1 Å². The molecule has 1 aromatic heterocycles. The lowest BCUT2D eigenvalue weighted by atomic mass is 10.1. The zero-order valence-corrected chi connectivity index (χ0v) is 16.5. The number of hydrogen-bond acceptors (Lipinski definition) is 5. The standard InChI is InChI=1S/C20H23N3O4S/c1-22(2)28(26,27)14-7-8-18(23-11-19(24)20(25)12-23)15(10-14)17-9-13-5-3-4-6-16(13)21-17/h3-10,19-21,24-25H,11-12H2,1-2H3/t19-,20+. The van der Waals surface area contributed by atoms with E-state index in [1.54, 1.807) is 18.2 Å². The van der Waals surface area contributed by atoms with E-state index < -0.39 is 22.2 Å². The highest BCUT2D eigenvalue weighted by Crippen LogP contribution is 2.36. The van der Waals surface area contributed by atoms with Gasteiger partial charge in [0.05, 0.1) is 17.1 Å². The van der Waals surface area contributed by atoms with Gasteiger partial charge in [-0.3, -0.25) is 0 Å². The second-order valence-electron chi connectivity index (χ2n) is 7.28. The highest BCUT2D eigenvalue weighted by atomic mass is 32.2. The topological polar surface area (TPSA) is 96.9 Å². The van der Waals surface area contributed by atoms with Gasteiger partial charge in [0.2, 0.25) is 10.0 Å². The van der Waals surface area contributed by atoms with E-state index in [-0.39, 0.29) is 18.0 Å². The van der Waals surface area contributed by atoms with E-state index in [1.807, 2.05) is 35.2 Å². The van der Waals surface area contributed by atoms with Crippen molar-refractivity contribution in [1.82, 2.24) is 9.29 Å². The summed E-state index contributed by atoms with van der Waals surface area (Å²) < 4.78 is 26.5. The molecule has 8 heteroatoms. The van der Waals surface area contributed by atoms with Crippen molar-refractivity contribution in [3.05, 3.63) is 48.5 Å². The maximum Gasteiger partial charge on any atom is 0.242 e.